The number of rotatable bonds is 6. The number of ketones is 1. The number of aromatic nitrogens is 7. The third kappa shape index (κ3) is 4.32. The van der Waals surface area contributed by atoms with Crippen molar-refractivity contribution in [1.82, 2.24) is 35.3 Å². The number of fused-ring (bicyclic) bond motifs is 2. The molecule has 2 aromatic carbocycles. The van der Waals surface area contributed by atoms with Gasteiger partial charge in [-0.1, -0.05) is 23.7 Å². The first-order valence-corrected chi connectivity index (χ1v) is 11.2. The van der Waals surface area contributed by atoms with E-state index in [1.807, 2.05) is 48.5 Å². The van der Waals surface area contributed by atoms with Gasteiger partial charge in [0, 0.05) is 40.2 Å². The van der Waals surface area contributed by atoms with Gasteiger partial charge in [-0.3, -0.25) is 9.89 Å². The van der Waals surface area contributed by atoms with Gasteiger partial charge in [0.2, 0.25) is 0 Å². The van der Waals surface area contributed by atoms with E-state index in [4.69, 9.17) is 11.6 Å². The van der Waals surface area contributed by atoms with E-state index in [2.05, 4.69) is 40.7 Å². The van der Waals surface area contributed by atoms with Crippen molar-refractivity contribution >= 4 is 50.7 Å². The second-order valence-corrected chi connectivity index (χ2v) is 8.42. The van der Waals surface area contributed by atoms with Crippen molar-refractivity contribution in [3.63, 3.8) is 0 Å². The Labute approximate surface area is 203 Å². The zero-order valence-electron chi connectivity index (χ0n) is 18.2. The van der Waals surface area contributed by atoms with Gasteiger partial charge in [-0.15, -0.1) is 5.10 Å². The maximum atomic E-state index is 12.8. The molecule has 3 N–H and O–H groups in total. The second kappa shape index (κ2) is 8.62. The van der Waals surface area contributed by atoms with Crippen molar-refractivity contribution < 1.29 is 4.79 Å². The van der Waals surface area contributed by atoms with Gasteiger partial charge in [0.05, 0.1) is 23.6 Å². The van der Waals surface area contributed by atoms with E-state index < -0.39 is 0 Å². The molecule has 0 aliphatic heterocycles. The molecule has 4 aromatic heterocycles. The Morgan fingerprint density at radius 2 is 1.91 bits per heavy atom. The highest BCUT2D eigenvalue weighted by Gasteiger charge is 2.13. The van der Waals surface area contributed by atoms with Crippen LogP contribution >= 0.6 is 11.6 Å². The van der Waals surface area contributed by atoms with Gasteiger partial charge >= 0.3 is 0 Å². The highest BCUT2D eigenvalue weighted by Crippen LogP contribution is 2.25. The van der Waals surface area contributed by atoms with Crippen molar-refractivity contribution in [3.05, 3.63) is 89.6 Å². The molecule has 0 spiro atoms. The molecule has 0 atom stereocenters. The number of nitrogens with zero attached hydrogens (tertiary/aromatic N) is 5. The van der Waals surface area contributed by atoms with Crippen LogP contribution in [-0.2, 0) is 6.42 Å². The van der Waals surface area contributed by atoms with E-state index in [9.17, 15) is 4.79 Å². The van der Waals surface area contributed by atoms with Crippen LogP contribution in [0.2, 0.25) is 5.15 Å². The highest BCUT2D eigenvalue weighted by atomic mass is 35.5. The number of benzene rings is 2. The molecule has 9 nitrogen and oxygen atoms in total. The lowest BCUT2D eigenvalue weighted by Crippen LogP contribution is -2.04. The summed E-state index contributed by atoms with van der Waals surface area (Å²) in [4.78, 5) is 25.1. The summed E-state index contributed by atoms with van der Waals surface area (Å²) in [7, 11) is 0. The van der Waals surface area contributed by atoms with Gasteiger partial charge in [0.25, 0.3) is 0 Å². The van der Waals surface area contributed by atoms with Crippen molar-refractivity contribution in [3.8, 4) is 11.4 Å². The minimum Gasteiger partial charge on any atom is -0.352 e. The number of H-pyrrole nitrogens is 2. The summed E-state index contributed by atoms with van der Waals surface area (Å²) in [5.74, 6) is 1.18. The lowest BCUT2D eigenvalue weighted by molar-refractivity contribution is 0.0989. The summed E-state index contributed by atoms with van der Waals surface area (Å²) < 4.78 is 0. The summed E-state index contributed by atoms with van der Waals surface area (Å²) in [5.41, 5.74) is 4.74. The summed E-state index contributed by atoms with van der Waals surface area (Å²) in [6.45, 7) is 0. The molecule has 6 rings (SSSR count). The van der Waals surface area contributed by atoms with Crippen LogP contribution in [0, 0.1) is 0 Å². The number of halogens is 1. The Balaban J connectivity index is 1.25. The lowest BCUT2D eigenvalue weighted by Gasteiger charge is -2.07. The number of Topliss-reactive ketones (excluding diaryl/α,β-unsaturated/α-hetero) is 1. The number of hydrogen-bond acceptors (Lipinski definition) is 7. The fourth-order valence-electron chi connectivity index (χ4n) is 3.91. The van der Waals surface area contributed by atoms with Gasteiger partial charge in [0.1, 0.15) is 5.82 Å². The van der Waals surface area contributed by atoms with E-state index in [1.54, 1.807) is 18.5 Å². The third-order valence-electron chi connectivity index (χ3n) is 5.60. The molecular formula is C25H17ClN8O. The van der Waals surface area contributed by atoms with Gasteiger partial charge in [0.15, 0.2) is 16.8 Å². The lowest BCUT2D eigenvalue weighted by atomic mass is 10.1. The van der Waals surface area contributed by atoms with Crippen LogP contribution in [0.4, 0.5) is 11.5 Å². The zero-order valence-corrected chi connectivity index (χ0v) is 18.9. The summed E-state index contributed by atoms with van der Waals surface area (Å²) in [5, 5.41) is 20.0. The average molecular weight is 481 g/mol. The van der Waals surface area contributed by atoms with Crippen LogP contribution in [0.15, 0.2) is 73.2 Å². The predicted octanol–water partition coefficient (Wildman–Crippen LogP) is 5.11. The van der Waals surface area contributed by atoms with Gasteiger partial charge < -0.3 is 10.3 Å². The molecule has 0 radical (unpaired) electrons. The number of carbonyl (C=O) groups is 1. The quantitative estimate of drug-likeness (QED) is 0.283. The van der Waals surface area contributed by atoms with E-state index in [1.165, 1.54) is 6.20 Å². The van der Waals surface area contributed by atoms with E-state index in [0.717, 1.165) is 33.1 Å². The monoisotopic (exact) mass is 480 g/mol. The van der Waals surface area contributed by atoms with Crippen LogP contribution in [-0.4, -0.2) is 41.1 Å². The van der Waals surface area contributed by atoms with E-state index in [-0.39, 0.29) is 17.4 Å². The Morgan fingerprint density at radius 3 is 2.83 bits per heavy atom. The fourth-order valence-corrected chi connectivity index (χ4v) is 4.09. The molecule has 170 valence electrons. The first-order chi connectivity index (χ1) is 17.1. The van der Waals surface area contributed by atoms with Crippen molar-refractivity contribution in [2.75, 3.05) is 5.32 Å². The van der Waals surface area contributed by atoms with Crippen LogP contribution < -0.4 is 5.32 Å². The van der Waals surface area contributed by atoms with Crippen molar-refractivity contribution in [2.24, 2.45) is 0 Å². The first-order valence-electron chi connectivity index (χ1n) is 10.8. The topological polar surface area (TPSA) is 125 Å². The van der Waals surface area contributed by atoms with Gasteiger partial charge in [-0.2, -0.15) is 10.2 Å². The summed E-state index contributed by atoms with van der Waals surface area (Å²) in [6, 6.07) is 17.0. The van der Waals surface area contributed by atoms with Crippen LogP contribution in [0.25, 0.3) is 33.2 Å². The molecule has 0 fully saturated rings. The van der Waals surface area contributed by atoms with Gasteiger partial charge in [-0.05, 0) is 48.0 Å². The Bertz CT molecular complexity index is 1710. The normalized spacial score (nSPS) is 11.2. The minimum absolute atomic E-state index is 0.0659. The number of anilines is 2. The second-order valence-electron chi connectivity index (χ2n) is 8.03. The van der Waals surface area contributed by atoms with Crippen LogP contribution in [0.3, 0.4) is 0 Å². The third-order valence-corrected chi connectivity index (χ3v) is 5.78. The SMILES string of the molecule is O=C(Cc1cnnc(Cl)c1)c1cc2ccc(-c3nccc(Nc4ccc5[nH]ncc5c4)n3)cc2[nH]1. The molecule has 0 aliphatic carbocycles. The number of aromatic amines is 2. The first kappa shape index (κ1) is 20.9. The molecule has 35 heavy (non-hydrogen) atoms. The largest absolute Gasteiger partial charge is 0.352 e. The molecule has 0 amide bonds. The predicted molar refractivity (Wildman–Crippen MR) is 134 cm³/mol. The minimum atomic E-state index is -0.0659. The Hall–Kier alpha value is -4.63. The molecule has 0 aliphatic rings. The standard InChI is InChI=1S/C25H17ClN8O/c26-23-8-14(12-28-34-23)7-22(35)21-10-15-1-2-16(11-20(15)31-21)25-27-6-5-24(32-25)30-18-3-4-19-17(9-18)13-29-33-19/h1-6,8-13,31H,7H2,(H,29,33)(H,27,30,32). The van der Waals surface area contributed by atoms with E-state index in [0.29, 0.717) is 22.9 Å². The molecule has 6 aromatic rings. The Morgan fingerprint density at radius 1 is 0.971 bits per heavy atom. The van der Waals surface area contributed by atoms with Crippen molar-refractivity contribution in [2.45, 2.75) is 6.42 Å². The van der Waals surface area contributed by atoms with Crippen LogP contribution in [0.1, 0.15) is 16.1 Å². The molecule has 0 unspecified atom stereocenters. The molecule has 0 saturated heterocycles. The zero-order chi connectivity index (χ0) is 23.8. The van der Waals surface area contributed by atoms with Crippen molar-refractivity contribution in [1.29, 1.82) is 0 Å². The number of hydrogen-bond donors (Lipinski definition) is 3. The van der Waals surface area contributed by atoms with Gasteiger partial charge in [-0.25, -0.2) is 9.97 Å². The summed E-state index contributed by atoms with van der Waals surface area (Å²) >= 11 is 5.88. The smallest absolute Gasteiger partial charge is 0.183 e. The maximum absolute atomic E-state index is 12.8. The summed E-state index contributed by atoms with van der Waals surface area (Å²) in [6.07, 6.45) is 5.20. The maximum Gasteiger partial charge on any atom is 0.183 e. The van der Waals surface area contributed by atoms with E-state index >= 15 is 0 Å². The number of carbonyl (C=O) groups excluding carboxylic acids is 1. The molecule has 4 heterocycles. The molecular weight excluding hydrogens is 464 g/mol. The molecule has 0 bridgehead atoms. The molecule has 10 heteroatoms. The average Bonchev–Trinajstić information content (AvgIpc) is 3.50. The van der Waals surface area contributed by atoms with Crippen LogP contribution in [0.5, 0.6) is 0 Å². The molecule has 0 saturated carbocycles. The Kier molecular flexibility index (Phi) is 5.16. The highest BCUT2D eigenvalue weighted by molar-refractivity contribution is 6.29. The number of nitrogens with one attached hydrogen (secondary N) is 3. The fraction of sp³-hybridized carbons (Fsp3) is 0.0400.